The van der Waals surface area contributed by atoms with Gasteiger partial charge in [-0.1, -0.05) is 40.5 Å². The highest BCUT2D eigenvalue weighted by Crippen LogP contribution is 2.58. The van der Waals surface area contributed by atoms with Gasteiger partial charge in [0, 0.05) is 0 Å². The standard InChI is InChI=1S/C12H24/c1-5-6-7-11-9-12(11,4)8-10(2)3/h10-11H,5-9H2,1-4H3. The molecular formula is C12H24. The minimum absolute atomic E-state index is 0.739. The average Bonchev–Trinajstić information content (AvgIpc) is 2.55. The summed E-state index contributed by atoms with van der Waals surface area (Å²) in [6.07, 6.45) is 7.25. The van der Waals surface area contributed by atoms with E-state index in [0.717, 1.165) is 17.3 Å². The summed E-state index contributed by atoms with van der Waals surface area (Å²) in [5.74, 6) is 1.96. The first kappa shape index (κ1) is 10.1. The Kier molecular flexibility index (Phi) is 3.20. The highest BCUT2D eigenvalue weighted by molar-refractivity contribution is 4.98. The van der Waals surface area contributed by atoms with Crippen molar-refractivity contribution in [2.24, 2.45) is 17.3 Å². The maximum absolute atomic E-state index is 2.48. The first-order valence-electron chi connectivity index (χ1n) is 5.58. The molecule has 72 valence electrons. The highest BCUT2D eigenvalue weighted by atomic mass is 14.5. The van der Waals surface area contributed by atoms with Crippen LogP contribution in [0.2, 0.25) is 0 Å². The van der Waals surface area contributed by atoms with Crippen LogP contribution in [0.15, 0.2) is 0 Å². The molecule has 0 radical (unpaired) electrons. The molecule has 2 atom stereocenters. The molecule has 0 aliphatic heterocycles. The normalized spacial score (nSPS) is 34.2. The van der Waals surface area contributed by atoms with E-state index in [-0.39, 0.29) is 0 Å². The Morgan fingerprint density at radius 2 is 2.08 bits per heavy atom. The molecule has 1 fully saturated rings. The van der Waals surface area contributed by atoms with E-state index in [0.29, 0.717) is 0 Å². The van der Waals surface area contributed by atoms with Gasteiger partial charge in [0.05, 0.1) is 0 Å². The lowest BCUT2D eigenvalue weighted by Gasteiger charge is -2.13. The first-order valence-corrected chi connectivity index (χ1v) is 5.58. The van der Waals surface area contributed by atoms with Gasteiger partial charge in [-0.2, -0.15) is 0 Å². The van der Waals surface area contributed by atoms with E-state index in [9.17, 15) is 0 Å². The molecule has 0 aromatic rings. The summed E-state index contributed by atoms with van der Waals surface area (Å²) in [5, 5.41) is 0. The Morgan fingerprint density at radius 3 is 2.58 bits per heavy atom. The molecule has 2 unspecified atom stereocenters. The fourth-order valence-corrected chi connectivity index (χ4v) is 2.59. The second-order valence-electron chi connectivity index (χ2n) is 5.30. The van der Waals surface area contributed by atoms with Crippen LogP contribution in [0.25, 0.3) is 0 Å². The number of hydrogen-bond donors (Lipinski definition) is 0. The van der Waals surface area contributed by atoms with Crippen LogP contribution in [0.1, 0.15) is 59.8 Å². The van der Waals surface area contributed by atoms with Crippen LogP contribution in [0.5, 0.6) is 0 Å². The van der Waals surface area contributed by atoms with E-state index in [1.807, 2.05) is 0 Å². The fourth-order valence-electron chi connectivity index (χ4n) is 2.59. The monoisotopic (exact) mass is 168 g/mol. The quantitative estimate of drug-likeness (QED) is 0.575. The Labute approximate surface area is 77.7 Å². The second-order valence-corrected chi connectivity index (χ2v) is 5.30. The fraction of sp³-hybridized carbons (Fsp3) is 1.00. The van der Waals surface area contributed by atoms with Crippen molar-refractivity contribution >= 4 is 0 Å². The van der Waals surface area contributed by atoms with Crippen LogP contribution >= 0.6 is 0 Å². The maximum atomic E-state index is 2.48. The molecule has 1 rings (SSSR count). The van der Waals surface area contributed by atoms with Gasteiger partial charge >= 0.3 is 0 Å². The van der Waals surface area contributed by atoms with Crippen molar-refractivity contribution in [3.05, 3.63) is 0 Å². The lowest BCUT2D eigenvalue weighted by atomic mass is 9.92. The number of rotatable bonds is 5. The third-order valence-electron chi connectivity index (χ3n) is 3.32. The topological polar surface area (TPSA) is 0 Å². The summed E-state index contributed by atoms with van der Waals surface area (Å²) in [5.41, 5.74) is 0.739. The summed E-state index contributed by atoms with van der Waals surface area (Å²) in [7, 11) is 0. The minimum Gasteiger partial charge on any atom is -0.0654 e. The van der Waals surface area contributed by atoms with Crippen LogP contribution < -0.4 is 0 Å². The zero-order valence-electron chi connectivity index (χ0n) is 9.19. The molecule has 12 heavy (non-hydrogen) atoms. The summed E-state index contributed by atoms with van der Waals surface area (Å²) >= 11 is 0. The molecule has 0 heteroatoms. The summed E-state index contributed by atoms with van der Waals surface area (Å²) < 4.78 is 0. The van der Waals surface area contributed by atoms with Crippen LogP contribution in [-0.2, 0) is 0 Å². The predicted octanol–water partition coefficient (Wildman–Crippen LogP) is 4.25. The van der Waals surface area contributed by atoms with E-state index in [2.05, 4.69) is 27.7 Å². The first-order chi connectivity index (χ1) is 5.58. The average molecular weight is 168 g/mol. The van der Waals surface area contributed by atoms with Crippen LogP contribution in [0.3, 0.4) is 0 Å². The Hall–Kier alpha value is 0. The van der Waals surface area contributed by atoms with Crippen molar-refractivity contribution in [3.8, 4) is 0 Å². The minimum atomic E-state index is 0.739. The van der Waals surface area contributed by atoms with Gasteiger partial charge in [-0.05, 0) is 36.5 Å². The van der Waals surface area contributed by atoms with Crippen molar-refractivity contribution in [1.82, 2.24) is 0 Å². The van der Waals surface area contributed by atoms with Gasteiger partial charge in [-0.25, -0.2) is 0 Å². The van der Waals surface area contributed by atoms with E-state index < -0.39 is 0 Å². The molecule has 1 aliphatic rings. The third-order valence-corrected chi connectivity index (χ3v) is 3.32. The molecule has 0 saturated heterocycles. The summed E-state index contributed by atoms with van der Waals surface area (Å²) in [4.78, 5) is 0. The lowest BCUT2D eigenvalue weighted by Crippen LogP contribution is -2.03. The van der Waals surface area contributed by atoms with Gasteiger partial charge < -0.3 is 0 Å². The Balaban J connectivity index is 2.19. The summed E-state index contributed by atoms with van der Waals surface area (Å²) in [6.45, 7) is 9.47. The molecule has 0 aromatic heterocycles. The van der Waals surface area contributed by atoms with Crippen LogP contribution in [0.4, 0.5) is 0 Å². The zero-order valence-corrected chi connectivity index (χ0v) is 9.19. The molecule has 0 aromatic carbocycles. The van der Waals surface area contributed by atoms with E-state index in [4.69, 9.17) is 0 Å². The molecule has 1 aliphatic carbocycles. The molecule has 1 saturated carbocycles. The largest absolute Gasteiger partial charge is 0.0654 e. The number of unbranched alkanes of at least 4 members (excludes halogenated alkanes) is 1. The predicted molar refractivity (Wildman–Crippen MR) is 55.2 cm³/mol. The number of hydrogen-bond acceptors (Lipinski definition) is 0. The highest BCUT2D eigenvalue weighted by Gasteiger charge is 2.48. The van der Waals surface area contributed by atoms with Gasteiger partial charge in [-0.15, -0.1) is 0 Å². The molecule has 0 spiro atoms. The van der Waals surface area contributed by atoms with Crippen LogP contribution in [-0.4, -0.2) is 0 Å². The van der Waals surface area contributed by atoms with E-state index in [1.165, 1.54) is 32.1 Å². The van der Waals surface area contributed by atoms with Gasteiger partial charge in [-0.3, -0.25) is 0 Å². The van der Waals surface area contributed by atoms with Gasteiger partial charge in [0.1, 0.15) is 0 Å². The smallest absolute Gasteiger partial charge is 0.0292 e. The van der Waals surface area contributed by atoms with Gasteiger partial charge in [0.15, 0.2) is 0 Å². The second kappa shape index (κ2) is 3.81. The zero-order chi connectivity index (χ0) is 9.19. The van der Waals surface area contributed by atoms with E-state index >= 15 is 0 Å². The molecule has 0 heterocycles. The molecule has 0 amide bonds. The van der Waals surface area contributed by atoms with Crippen molar-refractivity contribution in [2.75, 3.05) is 0 Å². The van der Waals surface area contributed by atoms with Crippen molar-refractivity contribution < 1.29 is 0 Å². The maximum Gasteiger partial charge on any atom is -0.0292 e. The van der Waals surface area contributed by atoms with Crippen molar-refractivity contribution in [3.63, 3.8) is 0 Å². The van der Waals surface area contributed by atoms with E-state index in [1.54, 1.807) is 0 Å². The van der Waals surface area contributed by atoms with Crippen molar-refractivity contribution in [1.29, 1.82) is 0 Å². The van der Waals surface area contributed by atoms with Gasteiger partial charge in [0.2, 0.25) is 0 Å². The van der Waals surface area contributed by atoms with Crippen molar-refractivity contribution in [2.45, 2.75) is 59.8 Å². The molecule has 0 nitrogen and oxygen atoms in total. The van der Waals surface area contributed by atoms with Gasteiger partial charge in [0.25, 0.3) is 0 Å². The lowest BCUT2D eigenvalue weighted by molar-refractivity contribution is 0.376. The summed E-state index contributed by atoms with van der Waals surface area (Å²) in [6, 6.07) is 0. The Bertz CT molecular complexity index is 137. The SMILES string of the molecule is CCCCC1CC1(C)CC(C)C. The molecule has 0 N–H and O–H groups in total. The molecular weight excluding hydrogens is 144 g/mol. The Morgan fingerprint density at radius 1 is 1.42 bits per heavy atom. The third kappa shape index (κ3) is 2.50. The molecule has 0 bridgehead atoms. The van der Waals surface area contributed by atoms with Crippen LogP contribution in [0, 0.1) is 17.3 Å².